The number of nitrogens with two attached hydrogens (primary N) is 1. The summed E-state index contributed by atoms with van der Waals surface area (Å²) in [6.45, 7) is -2.21. The third-order valence-corrected chi connectivity index (χ3v) is 0.914. The lowest BCUT2D eigenvalue weighted by Crippen LogP contribution is -1.92. The van der Waals surface area contributed by atoms with Crippen molar-refractivity contribution < 1.29 is 4.11 Å². The molecule has 1 aromatic rings. The minimum atomic E-state index is -2.21. The molecule has 0 aliphatic carbocycles. The van der Waals surface area contributed by atoms with Gasteiger partial charge in [0.2, 0.25) is 0 Å². The van der Waals surface area contributed by atoms with Crippen LogP contribution in [0.4, 0.5) is 11.5 Å². The zero-order valence-corrected chi connectivity index (χ0v) is 4.76. The molecule has 9 heavy (non-hydrogen) atoms. The normalized spacial score (nSPS) is 15.3. The third-order valence-electron chi connectivity index (χ3n) is 0.914. The van der Waals surface area contributed by atoms with Gasteiger partial charge in [0.25, 0.3) is 0 Å². The van der Waals surface area contributed by atoms with Crippen LogP contribution in [-0.4, -0.2) is 12.0 Å². The van der Waals surface area contributed by atoms with E-state index < -0.39 is 6.98 Å². The maximum Gasteiger partial charge on any atom is 0.125 e. The first-order valence-corrected chi connectivity index (χ1v) is 2.47. The molecule has 0 atom stereocenters. The van der Waals surface area contributed by atoms with Crippen LogP contribution in [0.5, 0.6) is 0 Å². The van der Waals surface area contributed by atoms with E-state index in [4.69, 9.17) is 9.85 Å². The summed E-state index contributed by atoms with van der Waals surface area (Å²) in [5.41, 5.74) is 5.87. The molecule has 0 amide bonds. The van der Waals surface area contributed by atoms with Crippen molar-refractivity contribution in [3.63, 3.8) is 0 Å². The fourth-order valence-electron chi connectivity index (χ4n) is 0.479. The monoisotopic (exact) mass is 126 g/mol. The first-order chi connectivity index (χ1) is 5.47. The second-order valence-electron chi connectivity index (χ2n) is 1.60. The summed E-state index contributed by atoms with van der Waals surface area (Å²) < 4.78 is 20.6. The highest BCUT2D eigenvalue weighted by molar-refractivity contribution is 5.43. The van der Waals surface area contributed by atoms with Gasteiger partial charge in [-0.2, -0.15) is 0 Å². The number of nitrogens with zero attached hydrogens (tertiary/aromatic N) is 1. The highest BCUT2D eigenvalue weighted by Gasteiger charge is 1.85. The van der Waals surface area contributed by atoms with E-state index in [9.17, 15) is 0 Å². The van der Waals surface area contributed by atoms with Crippen LogP contribution in [0, 0.1) is 0 Å². The Morgan fingerprint density at radius 3 is 3.22 bits per heavy atom. The molecule has 0 saturated heterocycles. The quantitative estimate of drug-likeness (QED) is 0.582. The van der Waals surface area contributed by atoms with Gasteiger partial charge in [-0.15, -0.1) is 0 Å². The average molecular weight is 126 g/mol. The zero-order chi connectivity index (χ0) is 9.19. The number of hydrogen-bond donors (Lipinski definition) is 2. The van der Waals surface area contributed by atoms with Crippen molar-refractivity contribution in [1.29, 1.82) is 0 Å². The van der Waals surface area contributed by atoms with Crippen LogP contribution in [0.3, 0.4) is 0 Å². The number of rotatable bonds is 1. The van der Waals surface area contributed by atoms with Crippen LogP contribution < -0.4 is 11.1 Å². The molecule has 0 aromatic carbocycles. The molecule has 1 aromatic heterocycles. The lowest BCUT2D eigenvalue weighted by Gasteiger charge is -1.96. The molecule has 3 nitrogen and oxygen atoms in total. The Hall–Kier alpha value is -1.25. The topological polar surface area (TPSA) is 50.9 Å². The molecule has 3 heteroatoms. The largest absolute Gasteiger partial charge is 0.397 e. The minimum Gasteiger partial charge on any atom is -0.397 e. The highest BCUT2D eigenvalue weighted by Crippen LogP contribution is 2.03. The van der Waals surface area contributed by atoms with E-state index in [-0.39, 0.29) is 0 Å². The van der Waals surface area contributed by atoms with Crippen molar-refractivity contribution in [2.45, 2.75) is 0 Å². The van der Waals surface area contributed by atoms with E-state index in [1.807, 2.05) is 0 Å². The minimum absolute atomic E-state index is 0.296. The summed E-state index contributed by atoms with van der Waals surface area (Å²) in [7, 11) is 0. The van der Waals surface area contributed by atoms with Crippen LogP contribution in [0.25, 0.3) is 0 Å². The molecular weight excluding hydrogens is 114 g/mol. The molecule has 1 heterocycles. The van der Waals surface area contributed by atoms with Gasteiger partial charge in [0.05, 0.1) is 11.9 Å². The second-order valence-corrected chi connectivity index (χ2v) is 1.60. The fraction of sp³-hybridized carbons (Fsp3) is 0.167. The third kappa shape index (κ3) is 1.32. The number of nitrogens with one attached hydrogen (secondary N) is 1. The Labute approximate surface area is 58.1 Å². The first kappa shape index (κ1) is 3.06. The van der Waals surface area contributed by atoms with Crippen LogP contribution in [-0.2, 0) is 0 Å². The molecule has 0 spiro atoms. The van der Waals surface area contributed by atoms with Crippen LogP contribution in [0.15, 0.2) is 18.3 Å². The molecule has 48 valence electrons. The summed E-state index contributed by atoms with van der Waals surface area (Å²) >= 11 is 0. The molecule has 0 saturated carbocycles. The van der Waals surface area contributed by atoms with Crippen molar-refractivity contribution in [3.05, 3.63) is 18.3 Å². The summed E-state index contributed by atoms with van der Waals surface area (Å²) in [6, 6.07) is 3.10. The maximum absolute atomic E-state index is 6.87. The molecule has 0 aliphatic heterocycles. The van der Waals surface area contributed by atoms with Crippen molar-refractivity contribution in [1.82, 2.24) is 4.98 Å². The Morgan fingerprint density at radius 1 is 1.78 bits per heavy atom. The molecule has 0 aliphatic rings. The van der Waals surface area contributed by atoms with Gasteiger partial charge >= 0.3 is 0 Å². The Morgan fingerprint density at radius 2 is 2.67 bits per heavy atom. The maximum atomic E-state index is 6.87. The lowest BCUT2D eigenvalue weighted by molar-refractivity contribution is 1.29. The first-order valence-electron chi connectivity index (χ1n) is 3.97. The van der Waals surface area contributed by atoms with E-state index in [1.165, 1.54) is 12.3 Å². The predicted octanol–water partition coefficient (Wildman–Crippen LogP) is 0.706. The van der Waals surface area contributed by atoms with Gasteiger partial charge in [-0.1, -0.05) is 0 Å². The van der Waals surface area contributed by atoms with Crippen LogP contribution >= 0.6 is 0 Å². The van der Waals surface area contributed by atoms with E-state index in [0.717, 1.165) is 0 Å². The van der Waals surface area contributed by atoms with Gasteiger partial charge in [-0.3, -0.25) is 0 Å². The number of anilines is 2. The summed E-state index contributed by atoms with van der Waals surface area (Å²) in [6.07, 6.45) is 1.40. The van der Waals surface area contributed by atoms with E-state index >= 15 is 0 Å². The average Bonchev–Trinajstić information content (AvgIpc) is 1.91. The fourth-order valence-corrected chi connectivity index (χ4v) is 0.479. The standard InChI is InChI=1S/C6H9N3/c1-8-6-3-2-5(7)4-9-6/h2-4H,7H2,1H3,(H,8,9)/i1D3. The second kappa shape index (κ2) is 2.35. The molecule has 0 radical (unpaired) electrons. The molecule has 0 bridgehead atoms. The van der Waals surface area contributed by atoms with Crippen molar-refractivity contribution >= 4 is 11.5 Å². The lowest BCUT2D eigenvalue weighted by atomic mass is 10.4. The van der Waals surface area contributed by atoms with Crippen LogP contribution in [0.2, 0.25) is 0 Å². The van der Waals surface area contributed by atoms with Gasteiger partial charge in [0, 0.05) is 11.1 Å². The Balaban J connectivity index is 2.71. The summed E-state index contributed by atoms with van der Waals surface area (Å²) in [5.74, 6) is 0.296. The van der Waals surface area contributed by atoms with E-state index in [2.05, 4.69) is 10.3 Å². The van der Waals surface area contributed by atoms with Gasteiger partial charge < -0.3 is 11.1 Å². The van der Waals surface area contributed by atoms with Gasteiger partial charge in [-0.05, 0) is 12.1 Å². The van der Waals surface area contributed by atoms with Crippen molar-refractivity contribution in [2.24, 2.45) is 0 Å². The molecule has 0 unspecified atom stereocenters. The van der Waals surface area contributed by atoms with E-state index in [1.54, 1.807) is 6.07 Å². The molecule has 0 fully saturated rings. The Bertz CT molecular complexity index is 254. The molecule has 3 N–H and O–H groups in total. The SMILES string of the molecule is [2H]C([2H])([2H])Nc1ccc(N)cn1. The van der Waals surface area contributed by atoms with Crippen LogP contribution in [0.1, 0.15) is 4.11 Å². The molecule has 1 rings (SSSR count). The smallest absolute Gasteiger partial charge is 0.125 e. The van der Waals surface area contributed by atoms with Gasteiger partial charge in [0.15, 0.2) is 0 Å². The number of aromatic nitrogens is 1. The number of pyridine rings is 1. The summed E-state index contributed by atoms with van der Waals surface area (Å²) in [5, 5.41) is 2.24. The number of nitrogen functional groups attached to an aromatic ring is 1. The van der Waals surface area contributed by atoms with Crippen molar-refractivity contribution in [2.75, 3.05) is 18.0 Å². The van der Waals surface area contributed by atoms with Crippen molar-refractivity contribution in [3.8, 4) is 0 Å². The highest BCUT2D eigenvalue weighted by atomic mass is 14.9. The number of hydrogen-bond acceptors (Lipinski definition) is 3. The van der Waals surface area contributed by atoms with E-state index in [0.29, 0.717) is 11.5 Å². The molecular formula is C6H9N3. The van der Waals surface area contributed by atoms with Gasteiger partial charge in [0.1, 0.15) is 5.82 Å². The Kier molecular flexibility index (Phi) is 0.797. The zero-order valence-electron chi connectivity index (χ0n) is 7.76. The summed E-state index contributed by atoms with van der Waals surface area (Å²) in [4.78, 5) is 3.77. The van der Waals surface area contributed by atoms with Gasteiger partial charge in [-0.25, -0.2) is 4.98 Å². The predicted molar refractivity (Wildman–Crippen MR) is 38.2 cm³/mol.